The van der Waals surface area contributed by atoms with Gasteiger partial charge in [-0.25, -0.2) is 0 Å². The van der Waals surface area contributed by atoms with Gasteiger partial charge in [0.15, 0.2) is 0 Å². The number of hydrogen-bond donors (Lipinski definition) is 2. The summed E-state index contributed by atoms with van der Waals surface area (Å²) in [6, 6.07) is 9.39. The number of carbonyl (C=O) groups is 3. The van der Waals surface area contributed by atoms with E-state index in [1.54, 1.807) is 0 Å². The first-order chi connectivity index (χ1) is 13.0. The second-order valence-electron chi connectivity index (χ2n) is 5.98. The lowest BCUT2D eigenvalue weighted by molar-refractivity contribution is -0.124. The van der Waals surface area contributed by atoms with Crippen molar-refractivity contribution in [1.29, 1.82) is 5.26 Å². The van der Waals surface area contributed by atoms with Gasteiger partial charge in [-0.3, -0.25) is 19.3 Å². The van der Waals surface area contributed by atoms with Crippen molar-refractivity contribution in [2.45, 2.75) is 26.2 Å². The van der Waals surface area contributed by atoms with E-state index in [1.807, 2.05) is 30.3 Å². The van der Waals surface area contributed by atoms with Crippen LogP contribution in [-0.4, -0.2) is 40.8 Å². The first-order valence-corrected chi connectivity index (χ1v) is 9.74. The highest BCUT2D eigenvalue weighted by atomic mass is 32.2. The number of anilines is 1. The molecule has 2 N–H and O–H groups in total. The number of hydrogen-bond acceptors (Lipinski definition) is 6. The van der Waals surface area contributed by atoms with E-state index in [0.717, 1.165) is 35.9 Å². The molecular formula is C19H22N4O3S. The Morgan fingerprint density at radius 2 is 2.07 bits per heavy atom. The van der Waals surface area contributed by atoms with Crippen LogP contribution in [0, 0.1) is 11.3 Å². The highest BCUT2D eigenvalue weighted by Gasteiger charge is 2.28. The standard InChI is InChI=1S/C19H22N4O3S/c1-2-3-4-14-5-7-16(8-6-14)22-18(25)15(11-20)12-21-9-10-23-17(24)13-27-19(23)26/h5-8,12,21H,2-4,9-10,13H2,1H3,(H,22,25)/b15-12-. The zero-order valence-electron chi connectivity index (χ0n) is 15.2. The van der Waals surface area contributed by atoms with Crippen LogP contribution in [0.15, 0.2) is 36.0 Å². The topological polar surface area (TPSA) is 102 Å². The average molecular weight is 386 g/mol. The molecule has 0 radical (unpaired) electrons. The third kappa shape index (κ3) is 6.15. The first kappa shape index (κ1) is 20.5. The number of nitrogens with zero attached hydrogens (tertiary/aromatic N) is 2. The van der Waals surface area contributed by atoms with Crippen LogP contribution in [0.1, 0.15) is 25.3 Å². The zero-order chi connectivity index (χ0) is 19.6. The van der Waals surface area contributed by atoms with Crippen molar-refractivity contribution in [2.75, 3.05) is 24.2 Å². The first-order valence-electron chi connectivity index (χ1n) is 8.76. The Kier molecular flexibility index (Phi) is 7.89. The molecule has 0 atom stereocenters. The Labute approximate surface area is 162 Å². The lowest BCUT2D eigenvalue weighted by atomic mass is 10.1. The van der Waals surface area contributed by atoms with Crippen LogP contribution < -0.4 is 10.6 Å². The van der Waals surface area contributed by atoms with Gasteiger partial charge in [0.25, 0.3) is 11.1 Å². The highest BCUT2D eigenvalue weighted by molar-refractivity contribution is 8.14. The van der Waals surface area contributed by atoms with E-state index >= 15 is 0 Å². The van der Waals surface area contributed by atoms with Gasteiger partial charge in [-0.05, 0) is 30.5 Å². The molecule has 0 aliphatic carbocycles. The second kappa shape index (κ2) is 10.4. The van der Waals surface area contributed by atoms with E-state index in [0.29, 0.717) is 5.69 Å². The normalized spacial score (nSPS) is 14.2. The van der Waals surface area contributed by atoms with E-state index < -0.39 is 5.91 Å². The molecule has 1 saturated heterocycles. The van der Waals surface area contributed by atoms with Crippen molar-refractivity contribution in [1.82, 2.24) is 10.2 Å². The zero-order valence-corrected chi connectivity index (χ0v) is 16.0. The lowest BCUT2D eigenvalue weighted by Crippen LogP contribution is -2.34. The highest BCUT2D eigenvalue weighted by Crippen LogP contribution is 2.17. The molecule has 1 aromatic carbocycles. The van der Waals surface area contributed by atoms with Crippen LogP contribution >= 0.6 is 11.8 Å². The van der Waals surface area contributed by atoms with Gasteiger partial charge < -0.3 is 10.6 Å². The van der Waals surface area contributed by atoms with Crippen molar-refractivity contribution in [3.05, 3.63) is 41.6 Å². The summed E-state index contributed by atoms with van der Waals surface area (Å²) in [5.41, 5.74) is 1.74. The van der Waals surface area contributed by atoms with Crippen LogP contribution in [-0.2, 0) is 16.0 Å². The monoisotopic (exact) mass is 386 g/mol. The number of imide groups is 1. The summed E-state index contributed by atoms with van der Waals surface area (Å²) in [5, 5.41) is 14.4. The summed E-state index contributed by atoms with van der Waals surface area (Å²) < 4.78 is 0. The summed E-state index contributed by atoms with van der Waals surface area (Å²) in [7, 11) is 0. The SMILES string of the molecule is CCCCc1ccc(NC(=O)/C(C#N)=C\NCCN2C(=O)CSC2=O)cc1. The molecule has 0 aromatic heterocycles. The number of amides is 3. The molecule has 1 aromatic rings. The Bertz CT molecular complexity index is 752. The third-order valence-electron chi connectivity index (χ3n) is 3.96. The molecule has 27 heavy (non-hydrogen) atoms. The lowest BCUT2D eigenvalue weighted by Gasteiger charge is -2.12. The van der Waals surface area contributed by atoms with Crippen molar-refractivity contribution >= 4 is 34.5 Å². The van der Waals surface area contributed by atoms with Crippen molar-refractivity contribution in [3.8, 4) is 6.07 Å². The Hall–Kier alpha value is -2.79. The molecule has 1 heterocycles. The molecule has 8 heteroatoms. The number of nitrogens with one attached hydrogen (secondary N) is 2. The van der Waals surface area contributed by atoms with Gasteiger partial charge in [-0.1, -0.05) is 37.2 Å². The summed E-state index contributed by atoms with van der Waals surface area (Å²) in [6.07, 6.45) is 4.54. The van der Waals surface area contributed by atoms with E-state index in [-0.39, 0.29) is 35.6 Å². The van der Waals surface area contributed by atoms with Gasteiger partial charge >= 0.3 is 0 Å². The molecular weight excluding hydrogens is 364 g/mol. The number of unbranched alkanes of at least 4 members (excludes halogenated alkanes) is 1. The molecule has 0 unspecified atom stereocenters. The summed E-state index contributed by atoms with van der Waals surface area (Å²) in [5.74, 6) is -0.579. The number of rotatable bonds is 9. The van der Waals surface area contributed by atoms with Crippen LogP contribution in [0.25, 0.3) is 0 Å². The smallest absolute Gasteiger partial charge is 0.288 e. The summed E-state index contributed by atoms with van der Waals surface area (Å²) in [4.78, 5) is 36.3. The number of carbonyl (C=O) groups excluding carboxylic acids is 3. The largest absolute Gasteiger partial charge is 0.388 e. The van der Waals surface area contributed by atoms with Crippen molar-refractivity contribution < 1.29 is 14.4 Å². The Balaban J connectivity index is 1.83. The maximum Gasteiger partial charge on any atom is 0.288 e. The molecule has 0 bridgehead atoms. The fourth-order valence-corrected chi connectivity index (χ4v) is 3.18. The predicted molar refractivity (Wildman–Crippen MR) is 105 cm³/mol. The molecule has 1 aliphatic rings. The van der Waals surface area contributed by atoms with Gasteiger partial charge in [0.1, 0.15) is 11.6 Å². The van der Waals surface area contributed by atoms with Gasteiger partial charge in [0.2, 0.25) is 5.91 Å². The fraction of sp³-hybridized carbons (Fsp3) is 0.368. The molecule has 7 nitrogen and oxygen atoms in total. The maximum atomic E-state index is 12.2. The van der Waals surface area contributed by atoms with Gasteiger partial charge in [0, 0.05) is 25.0 Å². The summed E-state index contributed by atoms with van der Waals surface area (Å²) in [6.45, 7) is 2.60. The van der Waals surface area contributed by atoms with Crippen LogP contribution in [0.4, 0.5) is 10.5 Å². The van der Waals surface area contributed by atoms with Gasteiger partial charge in [-0.2, -0.15) is 5.26 Å². The molecule has 3 amide bonds. The summed E-state index contributed by atoms with van der Waals surface area (Å²) >= 11 is 0.971. The van der Waals surface area contributed by atoms with E-state index in [2.05, 4.69) is 17.6 Å². The van der Waals surface area contributed by atoms with E-state index in [4.69, 9.17) is 5.26 Å². The molecule has 2 rings (SSSR count). The number of benzene rings is 1. The fourth-order valence-electron chi connectivity index (χ4n) is 2.43. The number of aryl methyl sites for hydroxylation is 1. The van der Waals surface area contributed by atoms with E-state index in [1.165, 1.54) is 11.8 Å². The van der Waals surface area contributed by atoms with Gasteiger partial charge in [0.05, 0.1) is 5.75 Å². The minimum atomic E-state index is -0.518. The maximum absolute atomic E-state index is 12.2. The molecule has 1 aliphatic heterocycles. The Morgan fingerprint density at radius 3 is 2.67 bits per heavy atom. The minimum absolute atomic E-state index is 0.0847. The van der Waals surface area contributed by atoms with Gasteiger partial charge in [-0.15, -0.1) is 0 Å². The molecule has 0 saturated carbocycles. The average Bonchev–Trinajstić information content (AvgIpc) is 2.99. The molecule has 0 spiro atoms. The van der Waals surface area contributed by atoms with Crippen LogP contribution in [0.3, 0.4) is 0 Å². The quantitative estimate of drug-likeness (QED) is 0.384. The number of thioether (sulfide) groups is 1. The second-order valence-corrected chi connectivity index (χ2v) is 6.91. The molecule has 1 fully saturated rings. The predicted octanol–water partition coefficient (Wildman–Crippen LogP) is 2.66. The van der Waals surface area contributed by atoms with E-state index in [9.17, 15) is 14.4 Å². The third-order valence-corrected chi connectivity index (χ3v) is 4.82. The van der Waals surface area contributed by atoms with Crippen molar-refractivity contribution in [3.63, 3.8) is 0 Å². The Morgan fingerprint density at radius 1 is 1.33 bits per heavy atom. The van der Waals surface area contributed by atoms with Crippen LogP contribution in [0.2, 0.25) is 0 Å². The minimum Gasteiger partial charge on any atom is -0.388 e. The molecule has 142 valence electrons. The number of nitriles is 1. The van der Waals surface area contributed by atoms with Crippen LogP contribution in [0.5, 0.6) is 0 Å². The van der Waals surface area contributed by atoms with Crippen molar-refractivity contribution in [2.24, 2.45) is 0 Å².